The van der Waals surface area contributed by atoms with E-state index in [2.05, 4.69) is 27.5 Å². The molecule has 1 aliphatic heterocycles. The van der Waals surface area contributed by atoms with Gasteiger partial charge in [-0.1, -0.05) is 56.5 Å². The highest BCUT2D eigenvalue weighted by Crippen LogP contribution is 2.42. The van der Waals surface area contributed by atoms with E-state index in [-0.39, 0.29) is 17.5 Å². The monoisotopic (exact) mass is 509 g/mol. The molecule has 2 fully saturated rings. The third kappa shape index (κ3) is 7.57. The van der Waals surface area contributed by atoms with Crippen LogP contribution in [0.1, 0.15) is 69.5 Å². The average Bonchev–Trinajstić information content (AvgIpc) is 3.46. The van der Waals surface area contributed by atoms with Crippen LogP contribution in [0.15, 0.2) is 42.9 Å². The number of H-pyrrole nitrogens is 1. The number of urea groups is 1. The fourth-order valence-corrected chi connectivity index (χ4v) is 5.92. The second-order valence-corrected chi connectivity index (χ2v) is 10.5. The summed E-state index contributed by atoms with van der Waals surface area (Å²) in [5, 5.41) is 5.85. The van der Waals surface area contributed by atoms with Gasteiger partial charge in [-0.3, -0.25) is 4.79 Å². The Balaban J connectivity index is 1.38. The predicted molar refractivity (Wildman–Crippen MR) is 144 cm³/mol. The quantitative estimate of drug-likeness (QED) is 0.422. The first kappa shape index (κ1) is 27.2. The number of aromatic nitrogens is 2. The van der Waals surface area contributed by atoms with Crippen molar-refractivity contribution in [2.75, 3.05) is 26.2 Å². The van der Waals surface area contributed by atoms with Crippen molar-refractivity contribution < 1.29 is 14.3 Å². The van der Waals surface area contributed by atoms with Crippen LogP contribution >= 0.6 is 0 Å². The van der Waals surface area contributed by atoms with Crippen molar-refractivity contribution in [3.05, 3.63) is 54.1 Å². The van der Waals surface area contributed by atoms with E-state index in [1.807, 2.05) is 35.2 Å². The van der Waals surface area contributed by atoms with Crippen molar-refractivity contribution in [2.24, 2.45) is 5.92 Å². The number of amides is 3. The smallest absolute Gasteiger partial charge is 0.315 e. The van der Waals surface area contributed by atoms with Gasteiger partial charge in [0.25, 0.3) is 0 Å². The molecule has 1 aliphatic carbocycles. The zero-order chi connectivity index (χ0) is 25.9. The van der Waals surface area contributed by atoms with Gasteiger partial charge in [-0.05, 0) is 43.6 Å². The topological polar surface area (TPSA) is 99.3 Å². The van der Waals surface area contributed by atoms with E-state index in [0.717, 1.165) is 37.1 Å². The number of nitrogens with zero attached hydrogens (tertiary/aromatic N) is 2. The Morgan fingerprint density at radius 2 is 1.92 bits per heavy atom. The summed E-state index contributed by atoms with van der Waals surface area (Å²) in [4.78, 5) is 35.5. The van der Waals surface area contributed by atoms with Crippen molar-refractivity contribution in [1.82, 2.24) is 25.5 Å². The van der Waals surface area contributed by atoms with E-state index >= 15 is 0 Å². The minimum atomic E-state index is -0.617. The average molecular weight is 510 g/mol. The summed E-state index contributed by atoms with van der Waals surface area (Å²) in [6.07, 6.45) is 13.6. The summed E-state index contributed by atoms with van der Waals surface area (Å²) in [6.45, 7) is 4.75. The largest absolute Gasteiger partial charge is 0.375 e. The van der Waals surface area contributed by atoms with Gasteiger partial charge < -0.3 is 25.3 Å². The first-order chi connectivity index (χ1) is 18.1. The highest BCUT2D eigenvalue weighted by molar-refractivity contribution is 5.87. The number of nitrogens with one attached hydrogen (secondary N) is 3. The normalized spacial score (nSPS) is 18.8. The number of likely N-dealkylation sites (tertiary alicyclic amines) is 1. The number of carbonyl (C=O) groups is 2. The van der Waals surface area contributed by atoms with Crippen molar-refractivity contribution in [3.8, 4) is 0 Å². The number of rotatable bonds is 11. The molecule has 1 aromatic carbocycles. The number of benzene rings is 1. The van der Waals surface area contributed by atoms with E-state index in [1.165, 1.54) is 32.1 Å². The molecule has 0 bridgehead atoms. The van der Waals surface area contributed by atoms with Gasteiger partial charge in [0.15, 0.2) is 0 Å². The molecule has 8 heteroatoms. The van der Waals surface area contributed by atoms with Gasteiger partial charge in [0.05, 0.1) is 11.9 Å². The van der Waals surface area contributed by atoms with Crippen molar-refractivity contribution in [1.29, 1.82) is 0 Å². The molecule has 3 N–H and O–H groups in total. The van der Waals surface area contributed by atoms with Crippen LogP contribution in [-0.4, -0.2) is 64.7 Å². The fourth-order valence-electron chi connectivity index (χ4n) is 5.92. The lowest BCUT2D eigenvalue weighted by Gasteiger charge is -2.48. The number of aromatic amines is 1. The number of hydrogen-bond acceptors (Lipinski definition) is 4. The van der Waals surface area contributed by atoms with Crippen LogP contribution in [0.4, 0.5) is 4.79 Å². The van der Waals surface area contributed by atoms with E-state index in [1.54, 1.807) is 12.5 Å². The first-order valence-corrected chi connectivity index (χ1v) is 14.1. The minimum Gasteiger partial charge on any atom is -0.375 e. The fraction of sp³-hybridized carbons (Fsp3) is 0.621. The summed E-state index contributed by atoms with van der Waals surface area (Å²) in [5.74, 6) is 0.573. The van der Waals surface area contributed by atoms with Crippen LogP contribution in [-0.2, 0) is 22.4 Å². The number of piperidine rings is 1. The minimum absolute atomic E-state index is 0.0136. The van der Waals surface area contributed by atoms with Gasteiger partial charge >= 0.3 is 6.03 Å². The van der Waals surface area contributed by atoms with Crippen LogP contribution < -0.4 is 10.6 Å². The van der Waals surface area contributed by atoms with Crippen molar-refractivity contribution >= 4 is 11.9 Å². The molecule has 3 amide bonds. The van der Waals surface area contributed by atoms with Crippen LogP contribution in [0, 0.1) is 5.92 Å². The Morgan fingerprint density at radius 1 is 1.16 bits per heavy atom. The predicted octanol–water partition coefficient (Wildman–Crippen LogP) is 4.23. The van der Waals surface area contributed by atoms with Gasteiger partial charge in [-0.25, -0.2) is 9.78 Å². The zero-order valence-electron chi connectivity index (χ0n) is 22.2. The molecular weight excluding hydrogens is 466 g/mol. The number of hydrogen-bond donors (Lipinski definition) is 3. The maximum Gasteiger partial charge on any atom is 0.315 e. The van der Waals surface area contributed by atoms with Crippen LogP contribution in [0.3, 0.4) is 0 Å². The molecule has 8 nitrogen and oxygen atoms in total. The molecule has 37 heavy (non-hydrogen) atoms. The molecule has 4 rings (SSSR count). The van der Waals surface area contributed by atoms with Gasteiger partial charge in [0, 0.05) is 51.0 Å². The molecule has 0 radical (unpaired) electrons. The molecular formula is C29H43N5O3. The van der Waals surface area contributed by atoms with Crippen LogP contribution in [0.5, 0.6) is 0 Å². The molecule has 2 aliphatic rings. The van der Waals surface area contributed by atoms with E-state index in [0.29, 0.717) is 38.4 Å². The van der Waals surface area contributed by atoms with Crippen molar-refractivity contribution in [3.63, 3.8) is 0 Å². The van der Waals surface area contributed by atoms with Crippen LogP contribution in [0.25, 0.3) is 0 Å². The number of ether oxygens (including phenoxy) is 1. The van der Waals surface area contributed by atoms with E-state index in [9.17, 15) is 9.59 Å². The second kappa shape index (κ2) is 13.6. The highest BCUT2D eigenvalue weighted by atomic mass is 16.5. The standard InChI is InChI=1S/C29H43N5O3/c1-2-19-37-29(24-11-7-4-8-12-24)14-17-34(18-15-29)27(35)26(20-23-9-5-3-6-10-23)33-28(36)31-16-13-25-21-30-22-32-25/h3,5-6,9-10,21-22,24,26H,2,4,7-8,11-20H2,1H3,(H,30,32)(H2,31,33,36). The third-order valence-corrected chi connectivity index (χ3v) is 7.99. The van der Waals surface area contributed by atoms with Crippen LogP contribution in [0.2, 0.25) is 0 Å². The molecule has 1 saturated heterocycles. The van der Waals surface area contributed by atoms with E-state index in [4.69, 9.17) is 4.74 Å². The molecule has 2 heterocycles. The summed E-state index contributed by atoms with van der Waals surface area (Å²) in [7, 11) is 0. The van der Waals surface area contributed by atoms with Gasteiger partial charge in [-0.2, -0.15) is 0 Å². The van der Waals surface area contributed by atoms with E-state index < -0.39 is 6.04 Å². The SMILES string of the molecule is CCCOC1(C2CCCCC2)CCN(C(=O)C(Cc2ccccc2)NC(=O)NCCc2cnc[nH]2)CC1. The Labute approximate surface area is 221 Å². The zero-order valence-corrected chi connectivity index (χ0v) is 22.2. The Hall–Kier alpha value is -2.87. The second-order valence-electron chi connectivity index (χ2n) is 10.5. The Kier molecular flexibility index (Phi) is 9.99. The summed E-state index contributed by atoms with van der Waals surface area (Å²) in [6, 6.07) is 8.95. The van der Waals surface area contributed by atoms with Gasteiger partial charge in [-0.15, -0.1) is 0 Å². The maximum atomic E-state index is 13.7. The Morgan fingerprint density at radius 3 is 2.59 bits per heavy atom. The summed E-state index contributed by atoms with van der Waals surface area (Å²) < 4.78 is 6.56. The highest BCUT2D eigenvalue weighted by Gasteiger charge is 2.44. The van der Waals surface area contributed by atoms with Gasteiger partial charge in [0.2, 0.25) is 5.91 Å². The molecule has 2 aromatic rings. The molecule has 1 unspecified atom stereocenters. The molecule has 0 spiro atoms. The number of imidazole rings is 1. The molecule has 1 aromatic heterocycles. The third-order valence-electron chi connectivity index (χ3n) is 7.99. The lowest BCUT2D eigenvalue weighted by Crippen LogP contribution is -2.57. The first-order valence-electron chi connectivity index (χ1n) is 14.1. The number of carbonyl (C=O) groups excluding carboxylic acids is 2. The molecule has 1 saturated carbocycles. The molecule has 202 valence electrons. The van der Waals surface area contributed by atoms with Crippen molar-refractivity contribution in [2.45, 2.75) is 82.8 Å². The summed E-state index contributed by atoms with van der Waals surface area (Å²) in [5.41, 5.74) is 1.87. The Bertz CT molecular complexity index is 951. The van der Waals surface area contributed by atoms with Gasteiger partial charge in [0.1, 0.15) is 6.04 Å². The lowest BCUT2D eigenvalue weighted by atomic mass is 9.72. The maximum absolute atomic E-state index is 13.7. The molecule has 1 atom stereocenters. The summed E-state index contributed by atoms with van der Waals surface area (Å²) >= 11 is 0. The lowest BCUT2D eigenvalue weighted by molar-refractivity contribution is -0.149.